The summed E-state index contributed by atoms with van der Waals surface area (Å²) >= 11 is 1.86. The number of nitrogens with one attached hydrogen (secondary N) is 1. The van der Waals surface area contributed by atoms with E-state index in [9.17, 15) is 4.79 Å². The van der Waals surface area contributed by atoms with Gasteiger partial charge in [0.25, 0.3) is 0 Å². The Morgan fingerprint density at radius 3 is 3.08 bits per heavy atom. The molecule has 0 spiro atoms. The number of piperidine rings is 1. The molecule has 3 nitrogen and oxygen atoms in total. The lowest BCUT2D eigenvalue weighted by molar-refractivity contribution is -0.114. The van der Waals surface area contributed by atoms with Crippen LogP contribution in [0.5, 0.6) is 0 Å². The molecule has 2 aromatic rings. The number of H-pyrrole nitrogens is 1. The predicted molar refractivity (Wildman–Crippen MR) is 102 cm³/mol. The summed E-state index contributed by atoms with van der Waals surface area (Å²) < 4.78 is 0. The molecule has 2 unspecified atom stereocenters. The molecule has 4 heteroatoms. The second-order valence-corrected chi connectivity index (χ2v) is 8.62. The smallest absolute Gasteiger partial charge is 0.139 e. The van der Waals surface area contributed by atoms with Crippen LogP contribution in [0.25, 0.3) is 10.9 Å². The number of hydrogen-bond donors (Lipinski definition) is 1. The van der Waals surface area contributed by atoms with E-state index in [0.717, 1.165) is 19.5 Å². The zero-order valence-electron chi connectivity index (χ0n) is 14.5. The highest BCUT2D eigenvalue weighted by molar-refractivity contribution is 8.00. The van der Waals surface area contributed by atoms with Gasteiger partial charge in [-0.25, -0.2) is 0 Å². The standard InChI is InChI=1S/C20H26N2OS/c1-3-7-22-11-15(24-12-13(2)23)9-17-16-5-4-6-18-20(16)14(10-21-18)8-19(17)22/h4-6,10,15,17,19,21H,3,7-9,11-12H2,1-2H3/t15?,17?,19-/m1/s1. The number of benzene rings is 1. The van der Waals surface area contributed by atoms with Crippen LogP contribution in [0.1, 0.15) is 43.7 Å². The molecule has 0 bridgehead atoms. The van der Waals surface area contributed by atoms with Crippen LogP contribution in [-0.2, 0) is 11.2 Å². The van der Waals surface area contributed by atoms with E-state index >= 15 is 0 Å². The quantitative estimate of drug-likeness (QED) is 0.893. The molecule has 2 heterocycles. The molecule has 3 atom stereocenters. The van der Waals surface area contributed by atoms with Gasteiger partial charge in [-0.05, 0) is 49.9 Å². The van der Waals surface area contributed by atoms with E-state index in [4.69, 9.17) is 0 Å². The lowest BCUT2D eigenvalue weighted by Gasteiger charge is -2.47. The molecule has 128 valence electrons. The molecule has 0 amide bonds. The van der Waals surface area contributed by atoms with Crippen molar-refractivity contribution >= 4 is 28.4 Å². The van der Waals surface area contributed by atoms with E-state index in [0.29, 0.717) is 28.7 Å². The van der Waals surface area contributed by atoms with Gasteiger partial charge in [-0.3, -0.25) is 9.69 Å². The zero-order valence-corrected chi connectivity index (χ0v) is 15.4. The number of ketones is 1. The summed E-state index contributed by atoms with van der Waals surface area (Å²) in [5, 5.41) is 2.03. The number of carbonyl (C=O) groups is 1. The fourth-order valence-corrected chi connectivity index (χ4v) is 5.76. The van der Waals surface area contributed by atoms with Crippen molar-refractivity contribution in [2.24, 2.45) is 0 Å². The molecule has 24 heavy (non-hydrogen) atoms. The average Bonchev–Trinajstić information content (AvgIpc) is 2.99. The lowest BCUT2D eigenvalue weighted by atomic mass is 9.75. The molecule has 1 saturated heterocycles. The minimum absolute atomic E-state index is 0.294. The number of fused-ring (bicyclic) bond motifs is 2. The third-order valence-electron chi connectivity index (χ3n) is 5.57. The average molecular weight is 343 g/mol. The van der Waals surface area contributed by atoms with Crippen LogP contribution in [0.15, 0.2) is 24.4 Å². The molecule has 0 saturated carbocycles. The van der Waals surface area contributed by atoms with E-state index in [2.05, 4.69) is 41.2 Å². The number of carbonyl (C=O) groups excluding carboxylic acids is 1. The largest absolute Gasteiger partial charge is 0.361 e. The van der Waals surface area contributed by atoms with E-state index in [1.54, 1.807) is 6.92 Å². The van der Waals surface area contributed by atoms with E-state index in [1.165, 1.54) is 34.9 Å². The maximum absolute atomic E-state index is 11.4. The summed E-state index contributed by atoms with van der Waals surface area (Å²) in [4.78, 5) is 17.6. The Morgan fingerprint density at radius 1 is 1.42 bits per heavy atom. The number of Topliss-reactive ketones (excluding diaryl/α,β-unsaturated/α-hetero) is 1. The van der Waals surface area contributed by atoms with Gasteiger partial charge in [0.1, 0.15) is 5.78 Å². The maximum Gasteiger partial charge on any atom is 0.139 e. The first-order valence-corrected chi connectivity index (χ1v) is 10.2. The summed E-state index contributed by atoms with van der Waals surface area (Å²) in [6.45, 7) is 6.26. The summed E-state index contributed by atoms with van der Waals surface area (Å²) in [6.07, 6.45) is 5.76. The Labute approximate surface area is 148 Å². The molecule has 1 aliphatic carbocycles. The van der Waals surface area contributed by atoms with Crippen molar-refractivity contribution in [1.82, 2.24) is 9.88 Å². The molecule has 2 aliphatic rings. The van der Waals surface area contributed by atoms with E-state index < -0.39 is 0 Å². The van der Waals surface area contributed by atoms with Crippen molar-refractivity contribution in [1.29, 1.82) is 0 Å². The number of nitrogens with zero attached hydrogens (tertiary/aromatic N) is 1. The molecular weight excluding hydrogens is 316 g/mol. The fraction of sp³-hybridized carbons (Fsp3) is 0.550. The van der Waals surface area contributed by atoms with E-state index in [1.807, 2.05) is 11.8 Å². The minimum Gasteiger partial charge on any atom is -0.361 e. The van der Waals surface area contributed by atoms with Crippen molar-refractivity contribution in [2.75, 3.05) is 18.8 Å². The molecule has 0 radical (unpaired) electrons. The highest BCUT2D eigenvalue weighted by Crippen LogP contribution is 2.45. The van der Waals surface area contributed by atoms with Crippen LogP contribution in [0, 0.1) is 0 Å². The number of rotatable bonds is 5. The van der Waals surface area contributed by atoms with Gasteiger partial charge in [0.2, 0.25) is 0 Å². The van der Waals surface area contributed by atoms with Crippen molar-refractivity contribution in [3.05, 3.63) is 35.5 Å². The van der Waals surface area contributed by atoms with Crippen LogP contribution in [0.4, 0.5) is 0 Å². The van der Waals surface area contributed by atoms with Gasteiger partial charge in [-0.1, -0.05) is 19.1 Å². The Hall–Kier alpha value is -1.26. The van der Waals surface area contributed by atoms with Crippen LogP contribution < -0.4 is 0 Å². The maximum atomic E-state index is 11.4. The Morgan fingerprint density at radius 2 is 2.29 bits per heavy atom. The van der Waals surface area contributed by atoms with Crippen molar-refractivity contribution < 1.29 is 4.79 Å². The van der Waals surface area contributed by atoms with Gasteiger partial charge in [0.05, 0.1) is 5.75 Å². The topological polar surface area (TPSA) is 36.1 Å². The molecule has 4 rings (SSSR count). The summed E-state index contributed by atoms with van der Waals surface area (Å²) in [5.74, 6) is 1.55. The highest BCUT2D eigenvalue weighted by Gasteiger charge is 2.40. The summed E-state index contributed by atoms with van der Waals surface area (Å²) in [5.41, 5.74) is 4.29. The third kappa shape index (κ3) is 2.80. The molecule has 1 aromatic carbocycles. The first kappa shape index (κ1) is 16.2. The Balaban J connectivity index is 1.68. The monoisotopic (exact) mass is 342 g/mol. The normalized spacial score (nSPS) is 26.5. The van der Waals surface area contributed by atoms with Gasteiger partial charge >= 0.3 is 0 Å². The van der Waals surface area contributed by atoms with Crippen LogP contribution in [-0.4, -0.2) is 45.8 Å². The molecule has 1 N–H and O–H groups in total. The van der Waals surface area contributed by atoms with Gasteiger partial charge in [-0.15, -0.1) is 11.8 Å². The zero-order chi connectivity index (χ0) is 16.7. The number of aromatic nitrogens is 1. The fourth-order valence-electron chi connectivity index (χ4n) is 4.65. The van der Waals surface area contributed by atoms with Crippen LogP contribution in [0.3, 0.4) is 0 Å². The number of aromatic amines is 1. The molecular formula is C20H26N2OS. The Kier molecular flexibility index (Phi) is 4.44. The van der Waals surface area contributed by atoms with Crippen LogP contribution in [0.2, 0.25) is 0 Å². The number of likely N-dealkylation sites (tertiary alicyclic amines) is 1. The van der Waals surface area contributed by atoms with Crippen molar-refractivity contribution in [3.8, 4) is 0 Å². The molecule has 1 aromatic heterocycles. The predicted octanol–water partition coefficient (Wildman–Crippen LogP) is 3.98. The summed E-state index contributed by atoms with van der Waals surface area (Å²) in [7, 11) is 0. The Bertz CT molecular complexity index is 753. The third-order valence-corrected chi connectivity index (χ3v) is 6.96. The first-order valence-electron chi connectivity index (χ1n) is 9.11. The number of hydrogen-bond acceptors (Lipinski definition) is 3. The minimum atomic E-state index is 0.294. The highest BCUT2D eigenvalue weighted by atomic mass is 32.2. The van der Waals surface area contributed by atoms with Crippen molar-refractivity contribution in [3.63, 3.8) is 0 Å². The van der Waals surface area contributed by atoms with E-state index in [-0.39, 0.29) is 0 Å². The lowest BCUT2D eigenvalue weighted by Crippen LogP contribution is -2.51. The van der Waals surface area contributed by atoms with Gasteiger partial charge < -0.3 is 4.98 Å². The van der Waals surface area contributed by atoms with Gasteiger partial charge in [0, 0.05) is 40.9 Å². The first-order chi connectivity index (χ1) is 11.7. The summed E-state index contributed by atoms with van der Waals surface area (Å²) in [6, 6.07) is 7.33. The van der Waals surface area contributed by atoms with Gasteiger partial charge in [0.15, 0.2) is 0 Å². The molecule has 1 aliphatic heterocycles. The second kappa shape index (κ2) is 6.57. The second-order valence-electron chi connectivity index (χ2n) is 7.33. The van der Waals surface area contributed by atoms with Gasteiger partial charge in [-0.2, -0.15) is 0 Å². The number of thioether (sulfide) groups is 1. The molecule has 1 fully saturated rings. The van der Waals surface area contributed by atoms with Crippen molar-refractivity contribution in [2.45, 2.75) is 50.3 Å². The SMILES string of the molecule is CCCN1CC(SCC(C)=O)CC2c3cccc4[nH]cc(c34)C[C@H]21. The van der Waals surface area contributed by atoms with Crippen LogP contribution >= 0.6 is 11.8 Å².